The zero-order valence-corrected chi connectivity index (χ0v) is 13.7. The van der Waals surface area contributed by atoms with Crippen LogP contribution in [0.25, 0.3) is 0 Å². The summed E-state index contributed by atoms with van der Waals surface area (Å²) in [5.41, 5.74) is 1.69. The third-order valence-electron chi connectivity index (χ3n) is 4.04. The fourth-order valence-electron chi connectivity index (χ4n) is 2.62. The van der Waals surface area contributed by atoms with E-state index >= 15 is 0 Å². The molecule has 2 aromatic carbocycles. The molecule has 2 aromatic rings. The SMILES string of the molecule is CC(C)CCC(=O)NC(C)(c1ccccc1)c1ccccc1. The molecule has 0 spiro atoms. The first-order valence-corrected chi connectivity index (χ1v) is 7.94. The number of nitrogens with one attached hydrogen (secondary N) is 1. The van der Waals surface area contributed by atoms with Gasteiger partial charge in [-0.15, -0.1) is 0 Å². The minimum absolute atomic E-state index is 0.101. The quantitative estimate of drug-likeness (QED) is 0.835. The molecule has 22 heavy (non-hydrogen) atoms. The summed E-state index contributed by atoms with van der Waals surface area (Å²) >= 11 is 0. The first kappa shape index (κ1) is 16.3. The van der Waals surface area contributed by atoms with Gasteiger partial charge in [-0.05, 0) is 30.4 Å². The summed E-state index contributed by atoms with van der Waals surface area (Å²) in [6, 6.07) is 20.3. The Kier molecular flexibility index (Phi) is 5.37. The van der Waals surface area contributed by atoms with Crippen molar-refractivity contribution in [1.82, 2.24) is 5.32 Å². The zero-order chi connectivity index (χ0) is 16.0. The van der Waals surface area contributed by atoms with Gasteiger partial charge in [0.1, 0.15) is 0 Å². The van der Waals surface area contributed by atoms with Gasteiger partial charge in [0, 0.05) is 6.42 Å². The number of rotatable bonds is 6. The van der Waals surface area contributed by atoms with E-state index in [1.807, 2.05) is 36.4 Å². The van der Waals surface area contributed by atoms with Crippen LogP contribution in [0.4, 0.5) is 0 Å². The molecule has 0 saturated heterocycles. The molecule has 0 atom stereocenters. The third kappa shape index (κ3) is 3.97. The summed E-state index contributed by atoms with van der Waals surface area (Å²) in [6.45, 7) is 6.35. The van der Waals surface area contributed by atoms with Crippen LogP contribution in [0, 0.1) is 5.92 Å². The monoisotopic (exact) mass is 295 g/mol. The molecule has 0 unspecified atom stereocenters. The van der Waals surface area contributed by atoms with Crippen LogP contribution < -0.4 is 5.32 Å². The topological polar surface area (TPSA) is 29.1 Å². The van der Waals surface area contributed by atoms with E-state index in [9.17, 15) is 4.79 Å². The van der Waals surface area contributed by atoms with E-state index in [1.165, 1.54) is 0 Å². The minimum Gasteiger partial charge on any atom is -0.343 e. The predicted octanol–water partition coefficient (Wildman–Crippen LogP) is 4.50. The highest BCUT2D eigenvalue weighted by Gasteiger charge is 2.30. The number of benzene rings is 2. The zero-order valence-electron chi connectivity index (χ0n) is 13.7. The summed E-state index contributed by atoms with van der Waals surface area (Å²) < 4.78 is 0. The van der Waals surface area contributed by atoms with E-state index in [0.29, 0.717) is 12.3 Å². The molecule has 2 nitrogen and oxygen atoms in total. The van der Waals surface area contributed by atoms with E-state index in [4.69, 9.17) is 0 Å². The first-order valence-electron chi connectivity index (χ1n) is 7.94. The molecule has 0 aliphatic heterocycles. The van der Waals surface area contributed by atoms with E-state index in [0.717, 1.165) is 17.5 Å². The number of amides is 1. The average Bonchev–Trinajstić information content (AvgIpc) is 2.54. The van der Waals surface area contributed by atoms with Crippen molar-refractivity contribution in [3.63, 3.8) is 0 Å². The minimum atomic E-state index is -0.503. The molecule has 0 aromatic heterocycles. The number of carbonyl (C=O) groups is 1. The van der Waals surface area contributed by atoms with Gasteiger partial charge in [0.2, 0.25) is 5.91 Å². The fraction of sp³-hybridized carbons (Fsp3) is 0.350. The number of carbonyl (C=O) groups excluding carboxylic acids is 1. The Morgan fingerprint density at radius 1 is 0.955 bits per heavy atom. The summed E-state index contributed by atoms with van der Waals surface area (Å²) in [7, 11) is 0. The summed E-state index contributed by atoms with van der Waals surface area (Å²) in [4.78, 5) is 12.4. The molecule has 0 aliphatic carbocycles. The van der Waals surface area contributed by atoms with Crippen molar-refractivity contribution in [2.24, 2.45) is 5.92 Å². The van der Waals surface area contributed by atoms with Crippen molar-refractivity contribution in [3.05, 3.63) is 71.8 Å². The highest BCUT2D eigenvalue weighted by atomic mass is 16.1. The maximum atomic E-state index is 12.4. The molecule has 1 N–H and O–H groups in total. The van der Waals surface area contributed by atoms with Crippen molar-refractivity contribution in [2.75, 3.05) is 0 Å². The van der Waals surface area contributed by atoms with Crippen molar-refractivity contribution < 1.29 is 4.79 Å². The van der Waals surface area contributed by atoms with E-state index in [1.54, 1.807) is 0 Å². The highest BCUT2D eigenvalue weighted by Crippen LogP contribution is 2.29. The molecule has 0 heterocycles. The van der Waals surface area contributed by atoms with Gasteiger partial charge in [-0.3, -0.25) is 4.79 Å². The van der Waals surface area contributed by atoms with Gasteiger partial charge in [-0.25, -0.2) is 0 Å². The summed E-state index contributed by atoms with van der Waals surface area (Å²) in [5.74, 6) is 0.634. The van der Waals surface area contributed by atoms with Gasteiger partial charge in [0.15, 0.2) is 0 Å². The molecule has 0 bridgehead atoms. The molecule has 0 fully saturated rings. The van der Waals surface area contributed by atoms with Crippen molar-refractivity contribution >= 4 is 5.91 Å². The lowest BCUT2D eigenvalue weighted by atomic mass is 9.84. The highest BCUT2D eigenvalue weighted by molar-refractivity contribution is 5.77. The average molecular weight is 295 g/mol. The largest absolute Gasteiger partial charge is 0.343 e. The van der Waals surface area contributed by atoms with Gasteiger partial charge in [0.25, 0.3) is 0 Å². The lowest BCUT2D eigenvalue weighted by molar-refractivity contribution is -0.122. The normalized spacial score (nSPS) is 11.5. The molecule has 1 amide bonds. The van der Waals surface area contributed by atoms with E-state index < -0.39 is 5.54 Å². The lowest BCUT2D eigenvalue weighted by Crippen LogP contribution is -2.44. The van der Waals surface area contributed by atoms with Crippen LogP contribution in [0.2, 0.25) is 0 Å². The van der Waals surface area contributed by atoms with E-state index in [-0.39, 0.29) is 5.91 Å². The van der Waals surface area contributed by atoms with Crippen LogP contribution in [-0.4, -0.2) is 5.91 Å². The molecule has 116 valence electrons. The molecular formula is C20H25NO. The second-order valence-electron chi connectivity index (χ2n) is 6.34. The molecule has 2 rings (SSSR count). The van der Waals surface area contributed by atoms with Crippen molar-refractivity contribution in [3.8, 4) is 0 Å². The summed E-state index contributed by atoms with van der Waals surface area (Å²) in [6.07, 6.45) is 1.47. The van der Waals surface area contributed by atoms with Crippen LogP contribution in [0.3, 0.4) is 0 Å². The van der Waals surface area contributed by atoms with Gasteiger partial charge < -0.3 is 5.32 Å². The first-order chi connectivity index (χ1) is 10.5. The fourth-order valence-corrected chi connectivity index (χ4v) is 2.62. The summed E-state index contributed by atoms with van der Waals surface area (Å²) in [5, 5.41) is 3.24. The van der Waals surface area contributed by atoms with E-state index in [2.05, 4.69) is 50.4 Å². The predicted molar refractivity (Wildman–Crippen MR) is 91.6 cm³/mol. The van der Waals surface area contributed by atoms with Crippen molar-refractivity contribution in [2.45, 2.75) is 39.2 Å². The maximum absolute atomic E-state index is 12.4. The van der Waals surface area contributed by atoms with Gasteiger partial charge >= 0.3 is 0 Å². The second kappa shape index (κ2) is 7.26. The number of hydrogen-bond donors (Lipinski definition) is 1. The van der Waals surface area contributed by atoms with Gasteiger partial charge in [0.05, 0.1) is 5.54 Å². The molecule has 0 saturated carbocycles. The maximum Gasteiger partial charge on any atom is 0.220 e. The van der Waals surface area contributed by atoms with Crippen LogP contribution in [0.1, 0.15) is 44.7 Å². The van der Waals surface area contributed by atoms with Crippen LogP contribution in [0.15, 0.2) is 60.7 Å². The smallest absolute Gasteiger partial charge is 0.220 e. The van der Waals surface area contributed by atoms with Gasteiger partial charge in [-0.2, -0.15) is 0 Å². The third-order valence-corrected chi connectivity index (χ3v) is 4.04. The Balaban J connectivity index is 2.29. The van der Waals surface area contributed by atoms with Crippen LogP contribution in [0.5, 0.6) is 0 Å². The number of hydrogen-bond acceptors (Lipinski definition) is 1. The lowest BCUT2D eigenvalue weighted by Gasteiger charge is -2.32. The van der Waals surface area contributed by atoms with Crippen LogP contribution in [-0.2, 0) is 10.3 Å². The molecule has 0 aliphatic rings. The Bertz CT molecular complexity index is 550. The molecule has 2 heteroatoms. The Morgan fingerprint density at radius 2 is 1.41 bits per heavy atom. The van der Waals surface area contributed by atoms with Gasteiger partial charge in [-0.1, -0.05) is 74.5 Å². The Labute approximate surface area is 133 Å². The molecule has 0 radical (unpaired) electrons. The standard InChI is InChI=1S/C20H25NO/c1-16(2)14-15-19(22)21-20(3,17-10-6-4-7-11-17)18-12-8-5-9-13-18/h4-13,16H,14-15H2,1-3H3,(H,21,22). The Hall–Kier alpha value is -2.09. The van der Waals surface area contributed by atoms with Crippen LogP contribution >= 0.6 is 0 Å². The Morgan fingerprint density at radius 3 is 1.82 bits per heavy atom. The second-order valence-corrected chi connectivity index (χ2v) is 6.34. The van der Waals surface area contributed by atoms with Crippen molar-refractivity contribution in [1.29, 1.82) is 0 Å². The molecular weight excluding hydrogens is 270 g/mol.